The molecule has 54 heavy (non-hydrogen) atoms. The summed E-state index contributed by atoms with van der Waals surface area (Å²) in [7, 11) is -5.49. The molecule has 0 amide bonds. The van der Waals surface area contributed by atoms with Crippen LogP contribution < -0.4 is 14.2 Å². The van der Waals surface area contributed by atoms with E-state index in [0.29, 0.717) is 17.7 Å². The van der Waals surface area contributed by atoms with Gasteiger partial charge in [0, 0.05) is 6.07 Å². The van der Waals surface area contributed by atoms with E-state index in [1.807, 2.05) is 6.92 Å². The first-order valence-electron chi connectivity index (χ1n) is 19.5. The molecule has 3 aromatic rings. The lowest BCUT2D eigenvalue weighted by atomic mass is 10.0. The summed E-state index contributed by atoms with van der Waals surface area (Å²) in [5.41, 5.74) is 1.28. The normalized spacial score (nSPS) is 12.7. The molecule has 298 valence electrons. The number of nitrogens with zero attached hydrogens (tertiary/aromatic N) is 1. The number of rotatable bonds is 24. The van der Waals surface area contributed by atoms with E-state index in [1.54, 1.807) is 36.4 Å². The zero-order valence-corrected chi connectivity index (χ0v) is 36.9. The fourth-order valence-corrected chi connectivity index (χ4v) is 19.8. The Kier molecular flexibility index (Phi) is 17.6. The maximum Gasteiger partial charge on any atom is 0.343 e. The Morgan fingerprint density at radius 2 is 1.41 bits per heavy atom. The van der Waals surface area contributed by atoms with Gasteiger partial charge in [0.05, 0.1) is 23.2 Å². The molecule has 0 aliphatic rings. The molecule has 0 N–H and O–H groups in total. The summed E-state index contributed by atoms with van der Waals surface area (Å²) in [5, 5.41) is 11.8. The summed E-state index contributed by atoms with van der Waals surface area (Å²) in [6.07, 6.45) is 10.3. The number of hydrogen-bond acceptors (Lipinski definition) is 8. The topological polar surface area (TPSA) is 106 Å². The number of esters is 1. The first kappa shape index (κ1) is 45.0. The summed E-state index contributed by atoms with van der Waals surface area (Å²) in [5.74, 6) is -0.733. The molecule has 3 aromatic carbocycles. The Bertz CT molecular complexity index is 1650. The third-order valence-electron chi connectivity index (χ3n) is 8.77. The second-order valence-corrected chi connectivity index (χ2v) is 28.8. The molecule has 0 saturated carbocycles. The monoisotopic (exact) mass is 799 g/mol. The number of nitro benzene ring substituents is 1. The molecule has 0 radical (unpaired) electrons. The fourth-order valence-electron chi connectivity index (χ4n) is 6.54. The standard InChI is InChI=1S/C41H62FNO8Si3/c1-10-11-16-19-32(2)48-40-27-22-34(31-38(40)43(45)46)33-20-24-36(25-21-33)49-41(44)35-23-26-39(37(42)30-35)47-28-17-14-12-13-15-18-29-53(6,7)51-54(8,9)50-52(3,4)5/h20-27,30-32H,10-19,28-29H2,1-9H3/t32-/m1/s1. The molecule has 1 atom stereocenters. The first-order valence-corrected chi connectivity index (χ1v) is 28.8. The number of ether oxygens (including phenoxy) is 3. The van der Waals surface area contributed by atoms with E-state index in [9.17, 15) is 19.3 Å². The number of carbonyl (C=O) groups is 1. The quantitative estimate of drug-likeness (QED) is 0.0220. The van der Waals surface area contributed by atoms with Crippen LogP contribution >= 0.6 is 0 Å². The number of halogens is 1. The molecule has 0 fully saturated rings. The van der Waals surface area contributed by atoms with Gasteiger partial charge < -0.3 is 22.4 Å². The number of unbranched alkanes of at least 4 members (excludes halogenated alkanes) is 7. The molecule has 0 aliphatic heterocycles. The van der Waals surface area contributed by atoms with E-state index >= 15 is 0 Å². The molecule has 0 saturated heterocycles. The van der Waals surface area contributed by atoms with Crippen molar-refractivity contribution in [3.63, 3.8) is 0 Å². The Morgan fingerprint density at radius 1 is 0.778 bits per heavy atom. The van der Waals surface area contributed by atoms with Gasteiger partial charge in [-0.15, -0.1) is 0 Å². The summed E-state index contributed by atoms with van der Waals surface area (Å²) in [4.78, 5) is 24.2. The predicted molar refractivity (Wildman–Crippen MR) is 223 cm³/mol. The van der Waals surface area contributed by atoms with Crippen LogP contribution in [-0.4, -0.2) is 48.8 Å². The number of nitro groups is 1. The maximum atomic E-state index is 14.8. The molecule has 13 heteroatoms. The zero-order valence-electron chi connectivity index (χ0n) is 33.9. The van der Waals surface area contributed by atoms with E-state index in [0.717, 1.165) is 69.9 Å². The van der Waals surface area contributed by atoms with Gasteiger partial charge in [-0.3, -0.25) is 10.1 Å². The van der Waals surface area contributed by atoms with Gasteiger partial charge in [0.2, 0.25) is 0 Å². The molecular weight excluding hydrogens is 738 g/mol. The molecule has 0 unspecified atom stereocenters. The lowest BCUT2D eigenvalue weighted by Gasteiger charge is -2.37. The van der Waals surface area contributed by atoms with Crippen LogP contribution in [0.1, 0.15) is 88.4 Å². The van der Waals surface area contributed by atoms with Crippen LogP contribution in [0.25, 0.3) is 11.1 Å². The largest absolute Gasteiger partial charge is 0.491 e. The minimum atomic E-state index is -2.10. The van der Waals surface area contributed by atoms with Crippen molar-refractivity contribution in [3.8, 4) is 28.4 Å². The summed E-state index contributed by atoms with van der Waals surface area (Å²) >= 11 is 0. The van der Waals surface area contributed by atoms with Crippen LogP contribution in [0.5, 0.6) is 17.2 Å². The van der Waals surface area contributed by atoms with Gasteiger partial charge in [-0.2, -0.15) is 0 Å². The highest BCUT2D eigenvalue weighted by atomic mass is 28.5. The van der Waals surface area contributed by atoms with Crippen LogP contribution in [0.15, 0.2) is 60.7 Å². The van der Waals surface area contributed by atoms with Gasteiger partial charge >= 0.3 is 20.2 Å². The SMILES string of the molecule is CCCCC[C@@H](C)Oc1ccc(-c2ccc(OC(=O)c3ccc(OCCCCCCCC[Si](C)(C)O[Si](C)(C)O[Si](C)(C)C)c(F)c3)cc2)cc1[N+](=O)[O-]. The predicted octanol–water partition coefficient (Wildman–Crippen LogP) is 12.5. The van der Waals surface area contributed by atoms with E-state index in [1.165, 1.54) is 24.6 Å². The van der Waals surface area contributed by atoms with Gasteiger partial charge in [0.25, 0.3) is 0 Å². The fraction of sp³-hybridized carbons (Fsp3) is 0.537. The Morgan fingerprint density at radius 3 is 2.04 bits per heavy atom. The minimum Gasteiger partial charge on any atom is -0.491 e. The molecule has 9 nitrogen and oxygen atoms in total. The summed E-state index contributed by atoms with van der Waals surface area (Å²) in [6, 6.07) is 16.7. The Labute approximate surface area is 325 Å². The van der Waals surface area contributed by atoms with E-state index < -0.39 is 41.9 Å². The zero-order chi connectivity index (χ0) is 39.9. The second-order valence-electron chi connectivity index (χ2n) is 16.1. The molecule has 0 heterocycles. The number of benzene rings is 3. The average Bonchev–Trinajstić information content (AvgIpc) is 3.07. The van der Waals surface area contributed by atoms with Gasteiger partial charge in [0.1, 0.15) is 5.75 Å². The second kappa shape index (κ2) is 21.1. The van der Waals surface area contributed by atoms with Crippen molar-refractivity contribution in [2.45, 2.75) is 136 Å². The molecular formula is C41H62FNO8Si3. The van der Waals surface area contributed by atoms with E-state index in [4.69, 9.17) is 22.4 Å². The van der Waals surface area contributed by atoms with Gasteiger partial charge in [-0.1, -0.05) is 70.1 Å². The third kappa shape index (κ3) is 16.2. The number of carbonyl (C=O) groups excluding carboxylic acids is 1. The highest BCUT2D eigenvalue weighted by Gasteiger charge is 2.37. The van der Waals surface area contributed by atoms with Crippen LogP contribution in [0.3, 0.4) is 0 Å². The molecule has 0 aromatic heterocycles. The molecule has 0 aliphatic carbocycles. The Balaban J connectivity index is 1.41. The van der Waals surface area contributed by atoms with Crippen molar-refractivity contribution in [2.75, 3.05) is 6.61 Å². The number of hydrogen-bond donors (Lipinski definition) is 0. The first-order chi connectivity index (χ1) is 25.4. The molecule has 3 rings (SSSR count). The van der Waals surface area contributed by atoms with Crippen molar-refractivity contribution in [2.24, 2.45) is 0 Å². The van der Waals surface area contributed by atoms with E-state index in [2.05, 4.69) is 52.8 Å². The third-order valence-corrected chi connectivity index (χ3v) is 18.9. The van der Waals surface area contributed by atoms with Crippen molar-refractivity contribution in [3.05, 3.63) is 82.2 Å². The van der Waals surface area contributed by atoms with Gasteiger partial charge in [-0.25, -0.2) is 9.18 Å². The highest BCUT2D eigenvalue weighted by Crippen LogP contribution is 2.34. The lowest BCUT2D eigenvalue weighted by Crippen LogP contribution is -2.51. The van der Waals surface area contributed by atoms with Gasteiger partial charge in [0.15, 0.2) is 34.0 Å². The molecule has 0 spiro atoms. The van der Waals surface area contributed by atoms with Crippen molar-refractivity contribution >= 4 is 36.9 Å². The Hall–Kier alpha value is -3.37. The smallest absolute Gasteiger partial charge is 0.343 e. The summed E-state index contributed by atoms with van der Waals surface area (Å²) in [6.45, 7) is 20.0. The van der Waals surface area contributed by atoms with Crippen molar-refractivity contribution < 1.29 is 36.5 Å². The average molecular weight is 800 g/mol. The molecule has 0 bridgehead atoms. The van der Waals surface area contributed by atoms with Crippen LogP contribution in [0.4, 0.5) is 10.1 Å². The van der Waals surface area contributed by atoms with Crippen molar-refractivity contribution in [1.29, 1.82) is 0 Å². The van der Waals surface area contributed by atoms with Crippen LogP contribution in [0, 0.1) is 15.9 Å². The summed E-state index contributed by atoms with van der Waals surface area (Å²) < 4.78 is 44.9. The van der Waals surface area contributed by atoms with E-state index in [-0.39, 0.29) is 34.6 Å². The highest BCUT2D eigenvalue weighted by molar-refractivity contribution is 6.87. The minimum absolute atomic E-state index is 0.0604. The lowest BCUT2D eigenvalue weighted by molar-refractivity contribution is -0.386. The van der Waals surface area contributed by atoms with Crippen LogP contribution in [-0.2, 0) is 8.23 Å². The van der Waals surface area contributed by atoms with Gasteiger partial charge in [-0.05, 0) is 126 Å². The maximum absolute atomic E-state index is 14.8. The van der Waals surface area contributed by atoms with Crippen LogP contribution in [0.2, 0.25) is 51.9 Å². The van der Waals surface area contributed by atoms with Crippen molar-refractivity contribution in [1.82, 2.24) is 0 Å².